The van der Waals surface area contributed by atoms with Gasteiger partial charge in [0.25, 0.3) is 5.91 Å². The molecule has 116 valence electrons. The second-order valence-corrected chi connectivity index (χ2v) is 5.55. The minimum atomic E-state index is -0.594. The average Bonchev–Trinajstić information content (AvgIpc) is 3.13. The number of nitrogens with one attached hydrogen (secondary N) is 2. The maximum Gasteiger partial charge on any atom is 0.287 e. The number of amides is 2. The van der Waals surface area contributed by atoms with Crippen LogP contribution in [-0.2, 0) is 9.53 Å². The summed E-state index contributed by atoms with van der Waals surface area (Å²) in [5.74, 6) is -0.396. The first-order chi connectivity index (χ1) is 10.1. The molecule has 0 saturated carbocycles. The third-order valence-corrected chi connectivity index (χ3v) is 3.51. The molecule has 6 nitrogen and oxygen atoms in total. The van der Waals surface area contributed by atoms with E-state index in [-0.39, 0.29) is 29.6 Å². The van der Waals surface area contributed by atoms with Gasteiger partial charge in [0.1, 0.15) is 6.04 Å². The Morgan fingerprint density at radius 1 is 1.43 bits per heavy atom. The summed E-state index contributed by atoms with van der Waals surface area (Å²) in [6, 6.07) is 2.61. The van der Waals surface area contributed by atoms with E-state index in [1.807, 2.05) is 13.8 Å². The molecule has 1 aromatic rings. The molecule has 0 aromatic carbocycles. The van der Waals surface area contributed by atoms with Crippen LogP contribution in [0.5, 0.6) is 0 Å². The van der Waals surface area contributed by atoms with E-state index in [2.05, 4.69) is 10.6 Å². The fourth-order valence-corrected chi connectivity index (χ4v) is 2.28. The van der Waals surface area contributed by atoms with Crippen molar-refractivity contribution in [2.75, 3.05) is 13.2 Å². The third-order valence-electron chi connectivity index (χ3n) is 3.51. The van der Waals surface area contributed by atoms with Crippen LogP contribution in [0.3, 0.4) is 0 Å². The van der Waals surface area contributed by atoms with Crippen LogP contribution in [0.2, 0.25) is 0 Å². The Morgan fingerprint density at radius 3 is 2.81 bits per heavy atom. The van der Waals surface area contributed by atoms with Crippen molar-refractivity contribution < 1.29 is 18.7 Å². The van der Waals surface area contributed by atoms with Crippen molar-refractivity contribution in [1.82, 2.24) is 10.6 Å². The summed E-state index contributed by atoms with van der Waals surface area (Å²) in [5.41, 5.74) is 0. The Bertz CT molecular complexity index is 464. The zero-order valence-corrected chi connectivity index (χ0v) is 12.4. The third kappa shape index (κ3) is 4.32. The molecule has 6 heteroatoms. The van der Waals surface area contributed by atoms with E-state index < -0.39 is 6.04 Å². The lowest BCUT2D eigenvalue weighted by molar-refractivity contribution is -0.124. The minimum Gasteiger partial charge on any atom is -0.459 e. The van der Waals surface area contributed by atoms with Gasteiger partial charge >= 0.3 is 0 Å². The highest BCUT2D eigenvalue weighted by molar-refractivity contribution is 5.95. The van der Waals surface area contributed by atoms with Crippen molar-refractivity contribution in [3.8, 4) is 0 Å². The van der Waals surface area contributed by atoms with Crippen molar-refractivity contribution in [1.29, 1.82) is 0 Å². The number of carbonyl (C=O) groups excluding carboxylic acids is 2. The molecular weight excluding hydrogens is 272 g/mol. The van der Waals surface area contributed by atoms with Crippen LogP contribution in [0.15, 0.2) is 22.8 Å². The number of ether oxygens (including phenoxy) is 1. The number of furan rings is 1. The first-order valence-electron chi connectivity index (χ1n) is 7.31. The van der Waals surface area contributed by atoms with Gasteiger partial charge in [0.15, 0.2) is 5.76 Å². The minimum absolute atomic E-state index is 0.0200. The molecule has 2 N–H and O–H groups in total. The van der Waals surface area contributed by atoms with Crippen LogP contribution in [0.1, 0.15) is 37.2 Å². The normalized spacial score (nSPS) is 19.5. The predicted octanol–water partition coefficient (Wildman–Crippen LogP) is 1.33. The van der Waals surface area contributed by atoms with E-state index in [0.717, 1.165) is 19.4 Å². The smallest absolute Gasteiger partial charge is 0.287 e. The Balaban J connectivity index is 1.88. The Kier molecular flexibility index (Phi) is 5.38. The van der Waals surface area contributed by atoms with Gasteiger partial charge < -0.3 is 19.8 Å². The van der Waals surface area contributed by atoms with Gasteiger partial charge in [-0.05, 0) is 30.9 Å². The van der Waals surface area contributed by atoms with E-state index in [1.165, 1.54) is 6.26 Å². The average molecular weight is 294 g/mol. The van der Waals surface area contributed by atoms with Crippen molar-refractivity contribution in [2.24, 2.45) is 5.92 Å². The first-order valence-corrected chi connectivity index (χ1v) is 7.31. The van der Waals surface area contributed by atoms with Gasteiger partial charge in [-0.1, -0.05) is 13.8 Å². The predicted molar refractivity (Wildman–Crippen MR) is 76.8 cm³/mol. The zero-order chi connectivity index (χ0) is 15.2. The van der Waals surface area contributed by atoms with Gasteiger partial charge in [-0.15, -0.1) is 0 Å². The summed E-state index contributed by atoms with van der Waals surface area (Å²) in [6.45, 7) is 5.01. The van der Waals surface area contributed by atoms with Crippen LogP contribution in [-0.4, -0.2) is 37.1 Å². The molecule has 0 spiro atoms. The highest BCUT2D eigenvalue weighted by Crippen LogP contribution is 2.11. The van der Waals surface area contributed by atoms with Gasteiger partial charge in [0.05, 0.1) is 12.4 Å². The summed E-state index contributed by atoms with van der Waals surface area (Å²) < 4.78 is 10.5. The molecule has 2 heterocycles. The molecule has 1 aliphatic heterocycles. The van der Waals surface area contributed by atoms with E-state index in [4.69, 9.17) is 9.15 Å². The molecule has 0 unspecified atom stereocenters. The molecule has 1 aromatic heterocycles. The zero-order valence-electron chi connectivity index (χ0n) is 12.4. The fourth-order valence-electron chi connectivity index (χ4n) is 2.28. The van der Waals surface area contributed by atoms with Crippen LogP contribution in [0.25, 0.3) is 0 Å². The molecule has 1 fully saturated rings. The number of rotatable bonds is 6. The Labute approximate surface area is 124 Å². The summed E-state index contributed by atoms with van der Waals surface area (Å²) in [7, 11) is 0. The van der Waals surface area contributed by atoms with E-state index in [0.29, 0.717) is 6.54 Å². The molecule has 0 aliphatic carbocycles. The number of carbonyl (C=O) groups is 2. The summed E-state index contributed by atoms with van der Waals surface area (Å²) in [4.78, 5) is 24.2. The SMILES string of the molecule is CC(C)[C@H](NC(=O)c1ccco1)C(=O)NC[C@@H]1CCCO1. The van der Waals surface area contributed by atoms with Crippen LogP contribution < -0.4 is 10.6 Å². The van der Waals surface area contributed by atoms with Crippen LogP contribution in [0, 0.1) is 5.92 Å². The van der Waals surface area contributed by atoms with Gasteiger partial charge in [-0.3, -0.25) is 9.59 Å². The van der Waals surface area contributed by atoms with Gasteiger partial charge in [0, 0.05) is 13.2 Å². The van der Waals surface area contributed by atoms with Crippen molar-refractivity contribution in [3.05, 3.63) is 24.2 Å². The largest absolute Gasteiger partial charge is 0.459 e. The lowest BCUT2D eigenvalue weighted by atomic mass is 10.0. The molecule has 0 radical (unpaired) electrons. The van der Waals surface area contributed by atoms with E-state index >= 15 is 0 Å². The molecule has 0 bridgehead atoms. The Hall–Kier alpha value is -1.82. The summed E-state index contributed by atoms with van der Waals surface area (Å²) in [6.07, 6.45) is 3.51. The topological polar surface area (TPSA) is 80.6 Å². The molecular formula is C15H22N2O4. The molecule has 2 rings (SSSR count). The van der Waals surface area contributed by atoms with Gasteiger partial charge in [-0.2, -0.15) is 0 Å². The lowest BCUT2D eigenvalue weighted by Gasteiger charge is -2.22. The van der Waals surface area contributed by atoms with Crippen molar-refractivity contribution in [3.63, 3.8) is 0 Å². The lowest BCUT2D eigenvalue weighted by Crippen LogP contribution is -2.50. The summed E-state index contributed by atoms with van der Waals surface area (Å²) in [5, 5.41) is 5.56. The van der Waals surface area contributed by atoms with Crippen molar-refractivity contribution in [2.45, 2.75) is 38.8 Å². The summed E-state index contributed by atoms with van der Waals surface area (Å²) >= 11 is 0. The second-order valence-electron chi connectivity index (χ2n) is 5.55. The maximum atomic E-state index is 12.2. The van der Waals surface area contributed by atoms with E-state index in [1.54, 1.807) is 12.1 Å². The highest BCUT2D eigenvalue weighted by Gasteiger charge is 2.26. The quantitative estimate of drug-likeness (QED) is 0.829. The fraction of sp³-hybridized carbons (Fsp3) is 0.600. The van der Waals surface area contributed by atoms with Crippen molar-refractivity contribution >= 4 is 11.8 Å². The standard InChI is InChI=1S/C15H22N2O4/c1-10(2)13(17-14(18)12-6-4-8-21-12)15(19)16-9-11-5-3-7-20-11/h4,6,8,10-11,13H,3,5,7,9H2,1-2H3,(H,16,19)(H,17,18)/t11-,13-/m0/s1. The van der Waals surface area contributed by atoms with Gasteiger partial charge in [-0.25, -0.2) is 0 Å². The molecule has 1 aliphatic rings. The molecule has 2 amide bonds. The number of hydrogen-bond acceptors (Lipinski definition) is 4. The van der Waals surface area contributed by atoms with Gasteiger partial charge in [0.2, 0.25) is 5.91 Å². The Morgan fingerprint density at radius 2 is 2.24 bits per heavy atom. The monoisotopic (exact) mass is 294 g/mol. The first kappa shape index (κ1) is 15.6. The van der Waals surface area contributed by atoms with E-state index in [9.17, 15) is 9.59 Å². The second kappa shape index (κ2) is 7.26. The van der Waals surface area contributed by atoms with Crippen LogP contribution in [0.4, 0.5) is 0 Å². The number of hydrogen-bond donors (Lipinski definition) is 2. The van der Waals surface area contributed by atoms with Crippen LogP contribution >= 0.6 is 0 Å². The maximum absolute atomic E-state index is 12.2. The molecule has 21 heavy (non-hydrogen) atoms. The highest BCUT2D eigenvalue weighted by atomic mass is 16.5. The molecule has 1 saturated heterocycles. The molecule has 2 atom stereocenters.